The van der Waals surface area contributed by atoms with Gasteiger partial charge in [0.1, 0.15) is 5.75 Å². The number of para-hydroxylation sites is 1. The number of fused-ring (bicyclic) bond motifs is 1. The number of phenolic OH excluding ortho intramolecular Hbond substituents is 1. The Labute approximate surface area is 172 Å². The van der Waals surface area contributed by atoms with E-state index in [0.29, 0.717) is 21.5 Å². The molecular formula is C20H15Br2N3O2. The van der Waals surface area contributed by atoms with E-state index in [-0.39, 0.29) is 11.7 Å². The number of nitrogens with one attached hydrogen (secondary N) is 1. The van der Waals surface area contributed by atoms with Gasteiger partial charge in [0.15, 0.2) is 0 Å². The Morgan fingerprint density at radius 2 is 2.00 bits per heavy atom. The molecular weight excluding hydrogens is 474 g/mol. The first-order valence-electron chi connectivity index (χ1n) is 8.44. The summed E-state index contributed by atoms with van der Waals surface area (Å²) < 4.78 is 1.33. The van der Waals surface area contributed by atoms with Crippen LogP contribution < -0.4 is 5.43 Å². The number of hydrogen-bond acceptors (Lipinski definition) is 4. The first-order chi connectivity index (χ1) is 13.0. The number of phenols is 1. The van der Waals surface area contributed by atoms with Crippen molar-refractivity contribution in [3.8, 4) is 5.75 Å². The number of hydrazone groups is 1. The SMILES string of the molecule is O=C(N/N=C\c1cc(Br)cc(Br)c1O)c1cc(C2CC2)nc2ccccc12. The number of aromatic nitrogens is 1. The molecule has 3 aromatic rings. The average Bonchev–Trinajstić information content (AvgIpc) is 3.49. The molecule has 0 aliphatic heterocycles. The summed E-state index contributed by atoms with van der Waals surface area (Å²) in [5, 5.41) is 14.9. The van der Waals surface area contributed by atoms with Gasteiger partial charge in [-0.05, 0) is 53.0 Å². The second-order valence-electron chi connectivity index (χ2n) is 6.41. The minimum absolute atomic E-state index is 0.0570. The lowest BCUT2D eigenvalue weighted by Crippen LogP contribution is -2.18. The molecule has 27 heavy (non-hydrogen) atoms. The number of carbonyl (C=O) groups excluding carboxylic acids is 1. The number of benzene rings is 2. The van der Waals surface area contributed by atoms with Crippen molar-refractivity contribution in [1.29, 1.82) is 0 Å². The van der Waals surface area contributed by atoms with E-state index in [9.17, 15) is 9.90 Å². The molecule has 0 bridgehead atoms. The van der Waals surface area contributed by atoms with Crippen molar-refractivity contribution in [3.05, 3.63) is 68.2 Å². The molecule has 2 N–H and O–H groups in total. The molecule has 5 nitrogen and oxygen atoms in total. The Hall–Kier alpha value is -2.25. The van der Waals surface area contributed by atoms with E-state index in [1.807, 2.05) is 30.3 Å². The highest BCUT2D eigenvalue weighted by molar-refractivity contribution is 9.11. The maximum Gasteiger partial charge on any atom is 0.272 e. The molecule has 0 unspecified atom stereocenters. The van der Waals surface area contributed by atoms with Crippen molar-refractivity contribution in [2.45, 2.75) is 18.8 Å². The fourth-order valence-corrected chi connectivity index (χ4v) is 4.14. The molecule has 1 heterocycles. The number of nitrogens with zero attached hydrogens (tertiary/aromatic N) is 2. The number of carbonyl (C=O) groups is 1. The highest BCUT2D eigenvalue weighted by Gasteiger charge is 2.26. The van der Waals surface area contributed by atoms with Crippen LogP contribution in [0.15, 0.2) is 56.5 Å². The second kappa shape index (κ2) is 7.40. The summed E-state index contributed by atoms with van der Waals surface area (Å²) in [5.41, 5.74) is 5.35. The van der Waals surface area contributed by atoms with E-state index in [1.54, 1.807) is 12.1 Å². The van der Waals surface area contributed by atoms with Crippen LogP contribution in [0.3, 0.4) is 0 Å². The van der Waals surface area contributed by atoms with E-state index >= 15 is 0 Å². The van der Waals surface area contributed by atoms with Crippen molar-refractivity contribution < 1.29 is 9.90 Å². The summed E-state index contributed by atoms with van der Waals surface area (Å²) in [7, 11) is 0. The van der Waals surface area contributed by atoms with Crippen LogP contribution in [0.1, 0.15) is 40.4 Å². The third-order valence-electron chi connectivity index (χ3n) is 4.40. The maximum atomic E-state index is 12.7. The van der Waals surface area contributed by atoms with Crippen LogP contribution in [0.4, 0.5) is 0 Å². The lowest BCUT2D eigenvalue weighted by Gasteiger charge is -2.08. The molecule has 4 rings (SSSR count). The van der Waals surface area contributed by atoms with Gasteiger partial charge < -0.3 is 5.11 Å². The van der Waals surface area contributed by atoms with Gasteiger partial charge in [-0.2, -0.15) is 5.10 Å². The minimum Gasteiger partial charge on any atom is -0.506 e. The number of halogens is 2. The molecule has 1 saturated carbocycles. The van der Waals surface area contributed by atoms with Gasteiger partial charge in [0.05, 0.1) is 21.8 Å². The fourth-order valence-electron chi connectivity index (χ4n) is 2.88. The predicted molar refractivity (Wildman–Crippen MR) is 112 cm³/mol. The maximum absolute atomic E-state index is 12.7. The Balaban J connectivity index is 1.62. The Morgan fingerprint density at radius 3 is 2.78 bits per heavy atom. The lowest BCUT2D eigenvalue weighted by atomic mass is 10.1. The monoisotopic (exact) mass is 487 g/mol. The smallest absolute Gasteiger partial charge is 0.272 e. The molecule has 1 aliphatic rings. The van der Waals surface area contributed by atoms with Crippen molar-refractivity contribution in [2.24, 2.45) is 5.10 Å². The third kappa shape index (κ3) is 3.89. The topological polar surface area (TPSA) is 74.6 Å². The Bertz CT molecular complexity index is 1080. The van der Waals surface area contributed by atoms with E-state index < -0.39 is 0 Å². The molecule has 2 aromatic carbocycles. The number of aromatic hydroxyl groups is 1. The largest absolute Gasteiger partial charge is 0.506 e. The fraction of sp³-hybridized carbons (Fsp3) is 0.150. The molecule has 136 valence electrons. The summed E-state index contributed by atoms with van der Waals surface area (Å²) >= 11 is 6.64. The lowest BCUT2D eigenvalue weighted by molar-refractivity contribution is 0.0956. The molecule has 1 aromatic heterocycles. The summed E-state index contributed by atoms with van der Waals surface area (Å²) in [6.07, 6.45) is 3.64. The van der Waals surface area contributed by atoms with Gasteiger partial charge in [-0.1, -0.05) is 34.1 Å². The van der Waals surface area contributed by atoms with E-state index in [0.717, 1.165) is 33.9 Å². The molecule has 1 amide bonds. The molecule has 1 aliphatic carbocycles. The van der Waals surface area contributed by atoms with Crippen molar-refractivity contribution in [1.82, 2.24) is 10.4 Å². The highest BCUT2D eigenvalue weighted by Crippen LogP contribution is 2.40. The molecule has 0 saturated heterocycles. The van der Waals surface area contributed by atoms with Gasteiger partial charge in [-0.3, -0.25) is 9.78 Å². The van der Waals surface area contributed by atoms with Gasteiger partial charge in [0, 0.05) is 27.0 Å². The number of amides is 1. The van der Waals surface area contributed by atoms with Crippen molar-refractivity contribution in [3.63, 3.8) is 0 Å². The summed E-state index contributed by atoms with van der Waals surface area (Å²) in [5.74, 6) is 0.197. The third-order valence-corrected chi connectivity index (χ3v) is 5.47. The first kappa shape index (κ1) is 18.1. The van der Waals surface area contributed by atoms with Crippen LogP contribution in [-0.2, 0) is 0 Å². The predicted octanol–water partition coefficient (Wildman–Crippen LogP) is 5.11. The normalized spacial score (nSPS) is 14.0. The van der Waals surface area contributed by atoms with Crippen molar-refractivity contribution in [2.75, 3.05) is 0 Å². The van der Waals surface area contributed by atoms with Crippen LogP contribution in [0.2, 0.25) is 0 Å². The Morgan fingerprint density at radius 1 is 1.22 bits per heavy atom. The number of pyridine rings is 1. The molecule has 0 atom stereocenters. The standard InChI is InChI=1S/C20H15Br2N3O2/c21-13-7-12(19(26)16(22)8-13)10-23-25-20(27)15-9-18(11-5-6-11)24-17-4-2-1-3-14(15)17/h1-4,7-11,26H,5-6H2,(H,25,27)/b23-10-. The van der Waals surface area contributed by atoms with Crippen LogP contribution >= 0.6 is 31.9 Å². The summed E-state index contributed by atoms with van der Waals surface area (Å²) in [6.45, 7) is 0. The first-order valence-corrected chi connectivity index (χ1v) is 10.0. The zero-order valence-corrected chi connectivity index (χ0v) is 17.3. The summed E-state index contributed by atoms with van der Waals surface area (Å²) in [4.78, 5) is 17.4. The van der Waals surface area contributed by atoms with Crippen LogP contribution in [0.25, 0.3) is 10.9 Å². The molecule has 0 spiro atoms. The van der Waals surface area contributed by atoms with E-state index in [4.69, 9.17) is 0 Å². The van der Waals surface area contributed by atoms with E-state index in [1.165, 1.54) is 6.21 Å². The average molecular weight is 489 g/mol. The quantitative estimate of drug-likeness (QED) is 0.396. The molecule has 1 fully saturated rings. The van der Waals surface area contributed by atoms with Crippen LogP contribution in [-0.4, -0.2) is 22.2 Å². The molecule has 7 heteroatoms. The Kier molecular flexibility index (Phi) is 4.97. The second-order valence-corrected chi connectivity index (χ2v) is 8.18. The van der Waals surface area contributed by atoms with Gasteiger partial charge in [-0.15, -0.1) is 0 Å². The minimum atomic E-state index is -0.305. The zero-order chi connectivity index (χ0) is 19.0. The van der Waals surface area contributed by atoms with Gasteiger partial charge >= 0.3 is 0 Å². The van der Waals surface area contributed by atoms with Crippen LogP contribution in [0.5, 0.6) is 5.75 Å². The zero-order valence-electron chi connectivity index (χ0n) is 14.1. The van der Waals surface area contributed by atoms with Gasteiger partial charge in [0.2, 0.25) is 0 Å². The summed E-state index contributed by atoms with van der Waals surface area (Å²) in [6, 6.07) is 12.9. The van der Waals surface area contributed by atoms with Crippen LogP contribution in [0, 0.1) is 0 Å². The number of hydrogen-bond donors (Lipinski definition) is 2. The van der Waals surface area contributed by atoms with Gasteiger partial charge in [-0.25, -0.2) is 5.43 Å². The van der Waals surface area contributed by atoms with E-state index in [2.05, 4.69) is 47.4 Å². The highest BCUT2D eigenvalue weighted by atomic mass is 79.9. The van der Waals surface area contributed by atoms with Gasteiger partial charge in [0.25, 0.3) is 5.91 Å². The number of rotatable bonds is 4. The van der Waals surface area contributed by atoms with Crippen molar-refractivity contribution >= 4 is 54.9 Å². The molecule has 0 radical (unpaired) electrons.